The molecule has 78 valence electrons. The molecule has 0 atom stereocenters. The molecule has 2 N–H and O–H groups in total. The second-order valence-electron chi connectivity index (χ2n) is 2.69. The van der Waals surface area contributed by atoms with Crippen molar-refractivity contribution in [1.29, 1.82) is 0 Å². The lowest BCUT2D eigenvalue weighted by Gasteiger charge is -2.01. The molecule has 5 heteroatoms. The molecule has 0 unspecified atom stereocenters. The third-order valence-electron chi connectivity index (χ3n) is 1.68. The second-order valence-corrected chi connectivity index (χ2v) is 2.88. The number of amides is 1. The third kappa shape index (κ3) is 3.11. The van der Waals surface area contributed by atoms with Gasteiger partial charge in [-0.2, -0.15) is 0 Å². The SMILES string of the molecule is O=C(/C=C(\C(=O)O)c1ccccc1)NCl. The van der Waals surface area contributed by atoms with E-state index >= 15 is 0 Å². The van der Waals surface area contributed by atoms with Gasteiger partial charge in [0.1, 0.15) is 0 Å². The molecule has 0 aliphatic carbocycles. The quantitative estimate of drug-likeness (QED) is 0.604. The first-order valence-corrected chi connectivity index (χ1v) is 4.44. The number of carbonyl (C=O) groups excluding carboxylic acids is 1. The number of nitrogens with one attached hydrogen (secondary N) is 1. The summed E-state index contributed by atoms with van der Waals surface area (Å²) in [6, 6.07) is 8.32. The minimum absolute atomic E-state index is 0.103. The molecule has 0 saturated heterocycles. The van der Waals surface area contributed by atoms with Gasteiger partial charge in [-0.1, -0.05) is 30.3 Å². The predicted octanol–water partition coefficient (Wildman–Crippen LogP) is 1.42. The predicted molar refractivity (Wildman–Crippen MR) is 56.1 cm³/mol. The fourth-order valence-electron chi connectivity index (χ4n) is 1.04. The standard InChI is InChI=1S/C10H8ClNO3/c11-12-9(13)6-8(10(14)15)7-4-2-1-3-5-7/h1-6H,(H,12,13)(H,14,15)/b8-6-. The summed E-state index contributed by atoms with van der Waals surface area (Å²) >= 11 is 5.05. The number of carbonyl (C=O) groups is 2. The Morgan fingerprint density at radius 1 is 1.27 bits per heavy atom. The molecule has 1 amide bonds. The zero-order chi connectivity index (χ0) is 11.3. The number of rotatable bonds is 3. The highest BCUT2D eigenvalue weighted by atomic mass is 35.5. The van der Waals surface area contributed by atoms with Crippen molar-refractivity contribution in [2.24, 2.45) is 0 Å². The molecule has 0 heterocycles. The van der Waals surface area contributed by atoms with Crippen LogP contribution in [0.1, 0.15) is 5.56 Å². The fraction of sp³-hybridized carbons (Fsp3) is 0. The Kier molecular flexibility index (Phi) is 3.88. The van der Waals surface area contributed by atoms with Crippen molar-refractivity contribution in [3.63, 3.8) is 0 Å². The van der Waals surface area contributed by atoms with Gasteiger partial charge in [0.25, 0.3) is 5.91 Å². The van der Waals surface area contributed by atoms with Crippen molar-refractivity contribution in [2.75, 3.05) is 0 Å². The zero-order valence-corrected chi connectivity index (χ0v) is 8.36. The lowest BCUT2D eigenvalue weighted by Crippen LogP contribution is -2.11. The first kappa shape index (κ1) is 11.3. The van der Waals surface area contributed by atoms with E-state index in [9.17, 15) is 9.59 Å². The van der Waals surface area contributed by atoms with Crippen molar-refractivity contribution >= 4 is 29.2 Å². The summed E-state index contributed by atoms with van der Waals surface area (Å²) in [7, 11) is 0. The average Bonchev–Trinajstić information content (AvgIpc) is 2.26. The normalized spacial score (nSPS) is 10.9. The molecule has 0 aromatic heterocycles. The highest BCUT2D eigenvalue weighted by molar-refractivity contribution is 6.27. The van der Waals surface area contributed by atoms with Gasteiger partial charge < -0.3 is 5.11 Å². The van der Waals surface area contributed by atoms with Crippen LogP contribution in [0.4, 0.5) is 0 Å². The number of aliphatic carboxylic acids is 1. The maximum Gasteiger partial charge on any atom is 0.336 e. The first-order chi connectivity index (χ1) is 7.15. The van der Waals surface area contributed by atoms with Crippen LogP contribution in [0, 0.1) is 0 Å². The van der Waals surface area contributed by atoms with E-state index in [1.807, 2.05) is 4.84 Å². The summed E-state index contributed by atoms with van der Waals surface area (Å²) < 4.78 is 0. The summed E-state index contributed by atoms with van der Waals surface area (Å²) in [6.45, 7) is 0. The van der Waals surface area contributed by atoms with Crippen LogP contribution < -0.4 is 4.84 Å². The lowest BCUT2D eigenvalue weighted by atomic mass is 10.1. The molecule has 4 nitrogen and oxygen atoms in total. The third-order valence-corrected chi connectivity index (χ3v) is 1.87. The number of hydrogen-bond donors (Lipinski definition) is 2. The summed E-state index contributed by atoms with van der Waals surface area (Å²) in [5, 5.41) is 8.88. The monoisotopic (exact) mass is 225 g/mol. The van der Waals surface area contributed by atoms with Crippen LogP contribution in [0.5, 0.6) is 0 Å². The molecule has 1 rings (SSSR count). The lowest BCUT2D eigenvalue weighted by molar-refractivity contribution is -0.130. The molecular formula is C10H8ClNO3. The minimum atomic E-state index is -1.18. The number of carboxylic acids is 1. The van der Waals surface area contributed by atoms with Crippen molar-refractivity contribution in [3.8, 4) is 0 Å². The van der Waals surface area contributed by atoms with Crippen LogP contribution in [-0.2, 0) is 9.59 Å². The summed E-state index contributed by atoms with van der Waals surface area (Å²) in [6.07, 6.45) is 0.935. The Labute approximate surface area is 91.3 Å². The highest BCUT2D eigenvalue weighted by Gasteiger charge is 2.11. The molecule has 0 aliphatic heterocycles. The van der Waals surface area contributed by atoms with E-state index in [4.69, 9.17) is 16.9 Å². The number of hydrogen-bond acceptors (Lipinski definition) is 2. The van der Waals surface area contributed by atoms with Crippen LogP contribution >= 0.6 is 11.8 Å². The number of carboxylic acid groups (broad SMARTS) is 1. The maximum atomic E-state index is 10.9. The largest absolute Gasteiger partial charge is 0.478 e. The summed E-state index contributed by atoms with van der Waals surface area (Å²) in [5.41, 5.74) is 0.346. The molecule has 0 bridgehead atoms. The van der Waals surface area contributed by atoms with Gasteiger partial charge in [-0.05, 0) is 5.56 Å². The van der Waals surface area contributed by atoms with E-state index in [0.717, 1.165) is 6.08 Å². The van der Waals surface area contributed by atoms with E-state index in [1.165, 1.54) is 0 Å². The Morgan fingerprint density at radius 2 is 1.87 bits per heavy atom. The summed E-state index contributed by atoms with van der Waals surface area (Å²) in [4.78, 5) is 23.6. The average molecular weight is 226 g/mol. The van der Waals surface area contributed by atoms with Crippen molar-refractivity contribution in [3.05, 3.63) is 42.0 Å². The topological polar surface area (TPSA) is 66.4 Å². The first-order valence-electron chi connectivity index (χ1n) is 4.06. The Balaban J connectivity index is 3.10. The van der Waals surface area contributed by atoms with Crippen molar-refractivity contribution < 1.29 is 14.7 Å². The van der Waals surface area contributed by atoms with E-state index in [2.05, 4.69) is 0 Å². The summed E-state index contributed by atoms with van der Waals surface area (Å²) in [5.74, 6) is -1.85. The molecule has 1 aromatic carbocycles. The van der Waals surface area contributed by atoms with Gasteiger partial charge in [0.05, 0.1) is 5.57 Å². The molecular weight excluding hydrogens is 218 g/mol. The minimum Gasteiger partial charge on any atom is -0.478 e. The van der Waals surface area contributed by atoms with Crippen molar-refractivity contribution in [2.45, 2.75) is 0 Å². The fourth-order valence-corrected chi connectivity index (χ4v) is 1.10. The van der Waals surface area contributed by atoms with Gasteiger partial charge in [0.15, 0.2) is 0 Å². The van der Waals surface area contributed by atoms with Gasteiger partial charge in [-0.15, -0.1) is 0 Å². The molecule has 0 aliphatic rings. The smallest absolute Gasteiger partial charge is 0.336 e. The van der Waals surface area contributed by atoms with Gasteiger partial charge in [0, 0.05) is 17.9 Å². The Bertz CT molecular complexity index is 400. The number of benzene rings is 1. The van der Waals surface area contributed by atoms with Crippen LogP contribution in [-0.4, -0.2) is 17.0 Å². The van der Waals surface area contributed by atoms with Crippen LogP contribution in [0.3, 0.4) is 0 Å². The maximum absolute atomic E-state index is 10.9. The van der Waals surface area contributed by atoms with Crippen LogP contribution in [0.15, 0.2) is 36.4 Å². The molecule has 0 spiro atoms. The van der Waals surface area contributed by atoms with Gasteiger partial charge in [-0.3, -0.25) is 9.63 Å². The van der Waals surface area contributed by atoms with Crippen LogP contribution in [0.25, 0.3) is 5.57 Å². The highest BCUT2D eigenvalue weighted by Crippen LogP contribution is 2.13. The molecule has 1 aromatic rings. The van der Waals surface area contributed by atoms with Gasteiger partial charge in [0.2, 0.25) is 0 Å². The second kappa shape index (κ2) is 5.17. The Hall–Kier alpha value is -1.81. The van der Waals surface area contributed by atoms with Gasteiger partial charge >= 0.3 is 5.97 Å². The van der Waals surface area contributed by atoms with Crippen molar-refractivity contribution in [1.82, 2.24) is 4.84 Å². The van der Waals surface area contributed by atoms with Gasteiger partial charge in [-0.25, -0.2) is 4.79 Å². The molecule has 0 saturated carbocycles. The molecule has 0 fully saturated rings. The Morgan fingerprint density at radius 3 is 2.33 bits per heavy atom. The van der Waals surface area contributed by atoms with E-state index in [1.54, 1.807) is 30.3 Å². The number of halogens is 1. The van der Waals surface area contributed by atoms with E-state index in [0.29, 0.717) is 5.56 Å². The molecule has 15 heavy (non-hydrogen) atoms. The van der Waals surface area contributed by atoms with E-state index in [-0.39, 0.29) is 5.57 Å². The zero-order valence-electron chi connectivity index (χ0n) is 7.61. The van der Waals surface area contributed by atoms with E-state index < -0.39 is 11.9 Å². The molecule has 0 radical (unpaired) electrons. The van der Waals surface area contributed by atoms with Crippen LogP contribution in [0.2, 0.25) is 0 Å².